The summed E-state index contributed by atoms with van der Waals surface area (Å²) in [6.07, 6.45) is -0.265. The fourth-order valence-electron chi connectivity index (χ4n) is 2.92. The number of imide groups is 1. The molecule has 1 aliphatic rings. The minimum atomic E-state index is -0.687. The van der Waals surface area contributed by atoms with E-state index in [2.05, 4.69) is 5.32 Å². The van der Waals surface area contributed by atoms with Gasteiger partial charge in [-0.3, -0.25) is 9.59 Å². The number of benzene rings is 2. The van der Waals surface area contributed by atoms with Crippen LogP contribution in [0.2, 0.25) is 0 Å². The monoisotopic (exact) mass is 444 g/mol. The number of methoxy groups -OCH3 is 2. The van der Waals surface area contributed by atoms with Crippen molar-refractivity contribution in [3.63, 3.8) is 0 Å². The third-order valence-electron chi connectivity index (χ3n) is 4.40. The minimum Gasteiger partial charge on any atom is -0.497 e. The van der Waals surface area contributed by atoms with Crippen molar-refractivity contribution < 1.29 is 28.6 Å². The molecule has 1 N–H and O–H groups in total. The molecule has 9 heteroatoms. The van der Waals surface area contributed by atoms with Crippen molar-refractivity contribution in [1.82, 2.24) is 0 Å². The summed E-state index contributed by atoms with van der Waals surface area (Å²) in [7, 11) is 2.98. The van der Waals surface area contributed by atoms with Crippen molar-refractivity contribution in [3.05, 3.63) is 58.8 Å². The van der Waals surface area contributed by atoms with Gasteiger partial charge in [-0.05, 0) is 50.2 Å². The Hall–Kier alpha value is -3.52. The Kier molecular flexibility index (Phi) is 6.50. The SMILES string of the molecule is COc1ccc(OC)c(NC2=C(Cl)C(=O)N(c3ccc(C(=O)OC(C)C)cc3)C2=O)c1. The molecule has 0 aliphatic carbocycles. The van der Waals surface area contributed by atoms with Gasteiger partial charge in [0, 0.05) is 6.07 Å². The van der Waals surface area contributed by atoms with E-state index in [1.54, 1.807) is 32.0 Å². The first-order valence-corrected chi connectivity index (χ1v) is 9.73. The zero-order chi connectivity index (χ0) is 22.7. The highest BCUT2D eigenvalue weighted by atomic mass is 35.5. The summed E-state index contributed by atoms with van der Waals surface area (Å²) in [5, 5.41) is 2.61. The van der Waals surface area contributed by atoms with Gasteiger partial charge in [-0.1, -0.05) is 11.6 Å². The molecule has 0 atom stereocenters. The van der Waals surface area contributed by atoms with Crippen LogP contribution in [0.1, 0.15) is 24.2 Å². The van der Waals surface area contributed by atoms with E-state index >= 15 is 0 Å². The fraction of sp³-hybridized carbons (Fsp3) is 0.227. The summed E-state index contributed by atoms with van der Waals surface area (Å²) in [5.41, 5.74) is 0.880. The Morgan fingerprint density at radius 1 is 1.00 bits per heavy atom. The lowest BCUT2D eigenvalue weighted by molar-refractivity contribution is -0.120. The largest absolute Gasteiger partial charge is 0.497 e. The summed E-state index contributed by atoms with van der Waals surface area (Å²) >= 11 is 6.19. The molecule has 2 aromatic carbocycles. The van der Waals surface area contributed by atoms with Gasteiger partial charge in [0.05, 0.1) is 37.3 Å². The molecule has 8 nitrogen and oxygen atoms in total. The molecule has 31 heavy (non-hydrogen) atoms. The highest BCUT2D eigenvalue weighted by molar-refractivity contribution is 6.53. The number of carbonyl (C=O) groups is 3. The van der Waals surface area contributed by atoms with Crippen molar-refractivity contribution >= 4 is 40.8 Å². The predicted octanol–water partition coefficient (Wildman–Crippen LogP) is 3.70. The molecule has 2 amide bonds. The summed E-state index contributed by atoms with van der Waals surface area (Å²) in [6, 6.07) is 10.9. The molecule has 3 rings (SSSR count). The van der Waals surface area contributed by atoms with E-state index in [-0.39, 0.29) is 22.5 Å². The van der Waals surface area contributed by atoms with Gasteiger partial charge in [-0.25, -0.2) is 9.69 Å². The topological polar surface area (TPSA) is 94.2 Å². The van der Waals surface area contributed by atoms with Crippen molar-refractivity contribution in [2.75, 3.05) is 24.4 Å². The van der Waals surface area contributed by atoms with Crippen LogP contribution in [0.15, 0.2) is 53.2 Å². The Morgan fingerprint density at radius 3 is 2.26 bits per heavy atom. The third kappa shape index (κ3) is 4.49. The summed E-state index contributed by atoms with van der Waals surface area (Å²) < 4.78 is 15.6. The van der Waals surface area contributed by atoms with E-state index < -0.39 is 17.8 Å². The number of halogens is 1. The van der Waals surface area contributed by atoms with Gasteiger partial charge in [0.1, 0.15) is 22.2 Å². The Balaban J connectivity index is 1.86. The number of amides is 2. The molecule has 0 radical (unpaired) electrons. The molecule has 0 aromatic heterocycles. The number of hydrogen-bond acceptors (Lipinski definition) is 7. The van der Waals surface area contributed by atoms with Gasteiger partial charge in [0.15, 0.2) is 0 Å². The molecule has 162 valence electrons. The minimum absolute atomic E-state index is 0.0958. The summed E-state index contributed by atoms with van der Waals surface area (Å²) in [5.74, 6) is -0.864. The molecule has 0 saturated carbocycles. The van der Waals surface area contributed by atoms with Crippen molar-refractivity contribution in [2.24, 2.45) is 0 Å². The zero-order valence-electron chi connectivity index (χ0n) is 17.4. The normalized spacial score (nSPS) is 13.7. The summed E-state index contributed by atoms with van der Waals surface area (Å²) in [6.45, 7) is 3.49. The van der Waals surface area contributed by atoms with Crippen LogP contribution in [-0.2, 0) is 14.3 Å². The van der Waals surface area contributed by atoms with Gasteiger partial charge < -0.3 is 19.5 Å². The van der Waals surface area contributed by atoms with Crippen LogP contribution in [0.3, 0.4) is 0 Å². The van der Waals surface area contributed by atoms with E-state index in [1.807, 2.05) is 0 Å². The first-order valence-electron chi connectivity index (χ1n) is 9.35. The second kappa shape index (κ2) is 9.09. The van der Waals surface area contributed by atoms with E-state index in [1.165, 1.54) is 38.5 Å². The fourth-order valence-corrected chi connectivity index (χ4v) is 3.13. The van der Waals surface area contributed by atoms with E-state index in [9.17, 15) is 14.4 Å². The number of nitrogens with zero attached hydrogens (tertiary/aromatic N) is 1. The average molecular weight is 445 g/mol. The number of esters is 1. The number of carbonyl (C=O) groups excluding carboxylic acids is 3. The number of hydrogen-bond donors (Lipinski definition) is 1. The Labute approximate surface area is 184 Å². The van der Waals surface area contributed by atoms with Gasteiger partial charge in [-0.2, -0.15) is 0 Å². The van der Waals surface area contributed by atoms with Gasteiger partial charge in [-0.15, -0.1) is 0 Å². The first kappa shape index (κ1) is 22.2. The zero-order valence-corrected chi connectivity index (χ0v) is 18.1. The molecular formula is C22H21ClN2O6. The number of ether oxygens (including phenoxy) is 3. The molecule has 1 aliphatic heterocycles. The molecule has 0 spiro atoms. The van der Waals surface area contributed by atoms with Crippen molar-refractivity contribution in [1.29, 1.82) is 0 Å². The maximum atomic E-state index is 13.0. The van der Waals surface area contributed by atoms with Crippen LogP contribution >= 0.6 is 11.6 Å². The molecule has 0 fully saturated rings. The Bertz CT molecular complexity index is 1060. The highest BCUT2D eigenvalue weighted by Crippen LogP contribution is 2.34. The maximum Gasteiger partial charge on any atom is 0.338 e. The van der Waals surface area contributed by atoms with Gasteiger partial charge in [0.2, 0.25) is 0 Å². The predicted molar refractivity (Wildman–Crippen MR) is 116 cm³/mol. The lowest BCUT2D eigenvalue weighted by Gasteiger charge is -2.16. The van der Waals surface area contributed by atoms with E-state index in [4.69, 9.17) is 25.8 Å². The van der Waals surface area contributed by atoms with Crippen LogP contribution in [0.4, 0.5) is 11.4 Å². The molecule has 0 saturated heterocycles. The standard InChI is InChI=1S/C22H21ClN2O6/c1-12(2)31-22(28)13-5-7-14(8-6-13)25-20(26)18(23)19(21(25)27)24-16-11-15(29-3)9-10-17(16)30-4/h5-12,24H,1-4H3. The highest BCUT2D eigenvalue weighted by Gasteiger charge is 2.39. The average Bonchev–Trinajstić information content (AvgIpc) is 2.96. The molecule has 1 heterocycles. The molecule has 2 aromatic rings. The Morgan fingerprint density at radius 2 is 1.68 bits per heavy atom. The number of nitrogens with one attached hydrogen (secondary N) is 1. The van der Waals surface area contributed by atoms with Crippen LogP contribution in [0.5, 0.6) is 11.5 Å². The number of rotatable bonds is 7. The summed E-state index contributed by atoms with van der Waals surface area (Å²) in [4.78, 5) is 38.6. The smallest absolute Gasteiger partial charge is 0.338 e. The molecular weight excluding hydrogens is 424 g/mol. The number of anilines is 2. The second-order valence-corrected chi connectivity index (χ2v) is 7.20. The van der Waals surface area contributed by atoms with Gasteiger partial charge >= 0.3 is 5.97 Å². The van der Waals surface area contributed by atoms with E-state index in [0.717, 1.165) is 4.90 Å². The van der Waals surface area contributed by atoms with Crippen LogP contribution < -0.4 is 19.7 Å². The molecule has 0 unspecified atom stereocenters. The van der Waals surface area contributed by atoms with Crippen molar-refractivity contribution in [2.45, 2.75) is 20.0 Å². The molecule has 0 bridgehead atoms. The first-order chi connectivity index (χ1) is 14.8. The third-order valence-corrected chi connectivity index (χ3v) is 4.75. The lowest BCUT2D eigenvalue weighted by Crippen LogP contribution is -2.32. The lowest BCUT2D eigenvalue weighted by atomic mass is 10.2. The van der Waals surface area contributed by atoms with Gasteiger partial charge in [0.25, 0.3) is 11.8 Å². The van der Waals surface area contributed by atoms with Crippen LogP contribution in [0, 0.1) is 0 Å². The van der Waals surface area contributed by atoms with Crippen molar-refractivity contribution in [3.8, 4) is 11.5 Å². The maximum absolute atomic E-state index is 13.0. The van der Waals surface area contributed by atoms with Crippen LogP contribution in [-0.4, -0.2) is 38.1 Å². The van der Waals surface area contributed by atoms with Crippen LogP contribution in [0.25, 0.3) is 0 Å². The quantitative estimate of drug-likeness (QED) is 0.514. The van der Waals surface area contributed by atoms with E-state index in [0.29, 0.717) is 22.7 Å². The second-order valence-electron chi connectivity index (χ2n) is 6.83.